The third kappa shape index (κ3) is 3.36. The van der Waals surface area contributed by atoms with Gasteiger partial charge in [-0.3, -0.25) is 9.68 Å². The Morgan fingerprint density at radius 3 is 2.00 bits per heavy atom. The molecule has 0 aliphatic carbocycles. The van der Waals surface area contributed by atoms with E-state index in [0.29, 0.717) is 0 Å². The first kappa shape index (κ1) is 9.31. The van der Waals surface area contributed by atoms with Gasteiger partial charge in [0.25, 0.3) is 6.29 Å². The molecule has 0 saturated carbocycles. The van der Waals surface area contributed by atoms with E-state index >= 15 is 0 Å². The molecule has 0 aliphatic rings. The van der Waals surface area contributed by atoms with Crippen molar-refractivity contribution in [1.29, 1.82) is 0 Å². The molecule has 60 valence electrons. The molecule has 0 unspecified atom stereocenters. The first-order chi connectivity index (χ1) is 4.72. The summed E-state index contributed by atoms with van der Waals surface area (Å²) in [5, 5.41) is 8.31. The van der Waals surface area contributed by atoms with Crippen LogP contribution in [0.25, 0.3) is 0 Å². The highest BCUT2D eigenvalue weighted by Crippen LogP contribution is 1.87. The van der Waals surface area contributed by atoms with Gasteiger partial charge in [0.05, 0.1) is 0 Å². The maximum Gasteiger partial charge on any atom is 0.364 e. The number of carboxylic acid groups (broad SMARTS) is 1. The summed E-state index contributed by atoms with van der Waals surface area (Å²) in [5.74, 6) is -1.20. The molecule has 0 rings (SSSR count). The molecular formula is C4H10N2O4. The number of nitrogens with one attached hydrogen (secondary N) is 2. The van der Waals surface area contributed by atoms with Crippen LogP contribution in [0.3, 0.4) is 0 Å². The molecule has 0 heterocycles. The summed E-state index contributed by atoms with van der Waals surface area (Å²) >= 11 is 0. The SMILES string of the molecule is CNOC(ONC)C(=O)O. The number of rotatable bonds is 5. The monoisotopic (exact) mass is 150 g/mol. The fourth-order valence-corrected chi connectivity index (χ4v) is 0.339. The van der Waals surface area contributed by atoms with Crippen LogP contribution in [0, 0.1) is 0 Å². The van der Waals surface area contributed by atoms with Gasteiger partial charge in [-0.2, -0.15) is 0 Å². The van der Waals surface area contributed by atoms with Crippen molar-refractivity contribution in [3.05, 3.63) is 0 Å². The predicted octanol–water partition coefficient (Wildman–Crippen LogP) is -1.30. The van der Waals surface area contributed by atoms with Gasteiger partial charge < -0.3 is 5.11 Å². The molecular weight excluding hydrogens is 140 g/mol. The van der Waals surface area contributed by atoms with E-state index < -0.39 is 12.3 Å². The molecule has 0 aromatic rings. The highest BCUT2D eigenvalue weighted by molar-refractivity contribution is 5.70. The predicted molar refractivity (Wildman–Crippen MR) is 31.7 cm³/mol. The number of aliphatic carboxylic acids is 1. The zero-order valence-electron chi connectivity index (χ0n) is 5.75. The molecule has 6 heteroatoms. The third-order valence-corrected chi connectivity index (χ3v) is 0.651. The second-order valence-electron chi connectivity index (χ2n) is 1.31. The van der Waals surface area contributed by atoms with Crippen molar-refractivity contribution in [3.8, 4) is 0 Å². The van der Waals surface area contributed by atoms with Crippen LogP contribution in [0.5, 0.6) is 0 Å². The molecule has 0 fully saturated rings. The Bertz CT molecular complexity index is 101. The molecule has 0 aliphatic heterocycles. The van der Waals surface area contributed by atoms with E-state index in [1.165, 1.54) is 14.1 Å². The topological polar surface area (TPSA) is 79.8 Å². The molecule has 0 saturated heterocycles. The molecule has 3 N–H and O–H groups in total. The minimum absolute atomic E-state index is 1.20. The summed E-state index contributed by atoms with van der Waals surface area (Å²) < 4.78 is 0. The molecule has 0 amide bonds. The van der Waals surface area contributed by atoms with E-state index in [1.807, 2.05) is 0 Å². The first-order valence-corrected chi connectivity index (χ1v) is 2.60. The molecule has 0 radical (unpaired) electrons. The fraction of sp³-hybridized carbons (Fsp3) is 0.750. The minimum Gasteiger partial charge on any atom is -0.477 e. The second kappa shape index (κ2) is 5.12. The van der Waals surface area contributed by atoms with Crippen LogP contribution in [0.15, 0.2) is 0 Å². The van der Waals surface area contributed by atoms with Gasteiger partial charge in [0.15, 0.2) is 0 Å². The standard InChI is InChI=1S/C4H10N2O4/c1-5-9-4(3(7)8)10-6-2/h4-6H,1-2H3,(H,7,8). The summed E-state index contributed by atoms with van der Waals surface area (Å²) in [6.45, 7) is 0. The number of hydrogen-bond donors (Lipinski definition) is 3. The van der Waals surface area contributed by atoms with Crippen molar-refractivity contribution >= 4 is 5.97 Å². The van der Waals surface area contributed by atoms with Gasteiger partial charge in [0, 0.05) is 14.1 Å². The van der Waals surface area contributed by atoms with Gasteiger partial charge in [-0.1, -0.05) is 0 Å². The molecule has 6 nitrogen and oxygen atoms in total. The third-order valence-electron chi connectivity index (χ3n) is 0.651. The Balaban J connectivity index is 3.61. The van der Waals surface area contributed by atoms with Crippen molar-refractivity contribution in [2.45, 2.75) is 6.29 Å². The molecule has 10 heavy (non-hydrogen) atoms. The van der Waals surface area contributed by atoms with Gasteiger partial charge >= 0.3 is 5.97 Å². The highest BCUT2D eigenvalue weighted by Gasteiger charge is 2.17. The molecule has 0 bridgehead atoms. The zero-order valence-corrected chi connectivity index (χ0v) is 5.75. The van der Waals surface area contributed by atoms with Crippen LogP contribution < -0.4 is 11.0 Å². The van der Waals surface area contributed by atoms with Crippen molar-refractivity contribution in [2.75, 3.05) is 14.1 Å². The Morgan fingerprint density at radius 1 is 1.40 bits per heavy atom. The number of carbonyl (C=O) groups is 1. The molecule has 0 spiro atoms. The van der Waals surface area contributed by atoms with E-state index in [9.17, 15) is 4.79 Å². The maximum atomic E-state index is 10.1. The first-order valence-electron chi connectivity index (χ1n) is 2.60. The van der Waals surface area contributed by atoms with E-state index in [-0.39, 0.29) is 0 Å². The van der Waals surface area contributed by atoms with Gasteiger partial charge in [0.1, 0.15) is 0 Å². The smallest absolute Gasteiger partial charge is 0.364 e. The lowest BCUT2D eigenvalue weighted by Crippen LogP contribution is -2.35. The maximum absolute atomic E-state index is 10.1. The zero-order chi connectivity index (χ0) is 7.98. The van der Waals surface area contributed by atoms with E-state index in [1.54, 1.807) is 0 Å². The average molecular weight is 150 g/mol. The average Bonchev–Trinajstić information content (AvgIpc) is 1.87. The normalized spacial score (nSPS) is 10.3. The number of hydrogen-bond acceptors (Lipinski definition) is 5. The van der Waals surface area contributed by atoms with Crippen molar-refractivity contribution in [3.63, 3.8) is 0 Å². The van der Waals surface area contributed by atoms with Gasteiger partial charge in [-0.15, -0.1) is 0 Å². The lowest BCUT2D eigenvalue weighted by molar-refractivity contribution is -0.219. The lowest BCUT2D eigenvalue weighted by atomic mass is 10.7. The summed E-state index contributed by atoms with van der Waals surface area (Å²) in [6, 6.07) is 0. The van der Waals surface area contributed by atoms with Crippen molar-refractivity contribution in [1.82, 2.24) is 11.0 Å². The summed E-state index contributed by atoms with van der Waals surface area (Å²) in [4.78, 5) is 19.0. The molecule has 0 atom stereocenters. The number of hydroxylamine groups is 2. The van der Waals surface area contributed by atoms with Crippen LogP contribution in [0.1, 0.15) is 0 Å². The second-order valence-corrected chi connectivity index (χ2v) is 1.31. The van der Waals surface area contributed by atoms with Crippen molar-refractivity contribution < 1.29 is 19.6 Å². The van der Waals surface area contributed by atoms with Crippen LogP contribution in [-0.2, 0) is 14.5 Å². The highest BCUT2D eigenvalue weighted by atomic mass is 16.8. The largest absolute Gasteiger partial charge is 0.477 e. The fourth-order valence-electron chi connectivity index (χ4n) is 0.339. The van der Waals surface area contributed by atoms with Gasteiger partial charge in [0.2, 0.25) is 0 Å². The van der Waals surface area contributed by atoms with Crippen LogP contribution in [0.4, 0.5) is 0 Å². The summed E-state index contributed by atoms with van der Waals surface area (Å²) in [6.07, 6.45) is -1.32. The summed E-state index contributed by atoms with van der Waals surface area (Å²) in [5.41, 5.74) is 4.38. The number of carboxylic acids is 1. The van der Waals surface area contributed by atoms with Crippen molar-refractivity contribution in [2.24, 2.45) is 0 Å². The quantitative estimate of drug-likeness (QED) is 0.334. The molecule has 0 aromatic heterocycles. The molecule has 0 aromatic carbocycles. The van der Waals surface area contributed by atoms with E-state index in [4.69, 9.17) is 5.11 Å². The Hall–Kier alpha value is -0.690. The van der Waals surface area contributed by atoms with Crippen LogP contribution >= 0.6 is 0 Å². The van der Waals surface area contributed by atoms with Crippen LogP contribution in [-0.4, -0.2) is 31.5 Å². The van der Waals surface area contributed by atoms with E-state index in [2.05, 4.69) is 20.6 Å². The van der Waals surface area contributed by atoms with Gasteiger partial charge in [-0.05, 0) is 0 Å². The summed E-state index contributed by atoms with van der Waals surface area (Å²) in [7, 11) is 2.88. The lowest BCUT2D eigenvalue weighted by Gasteiger charge is -2.10. The minimum atomic E-state index is -1.32. The van der Waals surface area contributed by atoms with Crippen LogP contribution in [0.2, 0.25) is 0 Å². The van der Waals surface area contributed by atoms with E-state index in [0.717, 1.165) is 0 Å². The van der Waals surface area contributed by atoms with Gasteiger partial charge in [-0.25, -0.2) is 15.8 Å². The Kier molecular flexibility index (Phi) is 4.77. The Labute approximate surface area is 58.0 Å². The Morgan fingerprint density at radius 2 is 1.80 bits per heavy atom.